The van der Waals surface area contributed by atoms with Crippen LogP contribution >= 0.6 is 27.3 Å². The number of ether oxygens (including phenoxy) is 1. The lowest BCUT2D eigenvalue weighted by Crippen LogP contribution is -2.38. The summed E-state index contributed by atoms with van der Waals surface area (Å²) >= 11 is 5.30. The van der Waals surface area contributed by atoms with Gasteiger partial charge < -0.3 is 4.74 Å². The van der Waals surface area contributed by atoms with E-state index < -0.39 is 0 Å². The number of hydrogen-bond acceptors (Lipinski definition) is 4. The Morgan fingerprint density at radius 2 is 2.38 bits per heavy atom. The first-order valence-electron chi connectivity index (χ1n) is 5.34. The lowest BCUT2D eigenvalue weighted by molar-refractivity contribution is 0.149. The summed E-state index contributed by atoms with van der Waals surface area (Å²) in [5.41, 5.74) is 2.89. The quantitative estimate of drug-likeness (QED) is 0.601. The molecule has 0 radical (unpaired) electrons. The number of methoxy groups -OCH3 is 1. The molecule has 3 nitrogen and oxygen atoms in total. The van der Waals surface area contributed by atoms with Gasteiger partial charge in [-0.3, -0.25) is 11.3 Å². The fourth-order valence-corrected chi connectivity index (χ4v) is 3.34. The van der Waals surface area contributed by atoms with Crippen molar-refractivity contribution < 1.29 is 4.74 Å². The average Bonchev–Trinajstić information content (AvgIpc) is 2.64. The van der Waals surface area contributed by atoms with E-state index in [1.165, 1.54) is 9.35 Å². The molecule has 2 atom stereocenters. The van der Waals surface area contributed by atoms with Crippen LogP contribution in [-0.2, 0) is 11.2 Å². The van der Waals surface area contributed by atoms with Crippen LogP contribution < -0.4 is 11.3 Å². The van der Waals surface area contributed by atoms with Crippen LogP contribution in [0.1, 0.15) is 18.2 Å². The Labute approximate surface area is 109 Å². The van der Waals surface area contributed by atoms with Crippen LogP contribution in [0.2, 0.25) is 0 Å². The molecular weight excluding hydrogens is 288 g/mol. The molecule has 3 N–H and O–H groups in total. The van der Waals surface area contributed by atoms with Crippen LogP contribution in [0.5, 0.6) is 0 Å². The molecule has 0 fully saturated rings. The van der Waals surface area contributed by atoms with Gasteiger partial charge in [-0.25, -0.2) is 0 Å². The maximum atomic E-state index is 5.58. The monoisotopic (exact) mass is 306 g/mol. The molecule has 0 aliphatic heterocycles. The van der Waals surface area contributed by atoms with E-state index in [1.54, 1.807) is 18.4 Å². The highest BCUT2D eigenvalue weighted by Crippen LogP contribution is 2.25. The van der Waals surface area contributed by atoms with Crippen molar-refractivity contribution in [3.8, 4) is 0 Å². The number of rotatable bonds is 7. The molecule has 0 aromatic carbocycles. The second-order valence-corrected chi connectivity index (χ2v) is 5.91. The first-order chi connectivity index (χ1) is 7.67. The average molecular weight is 307 g/mol. The van der Waals surface area contributed by atoms with Gasteiger partial charge in [0.25, 0.3) is 0 Å². The normalized spacial score (nSPS) is 15.0. The molecule has 0 bridgehead atoms. The third-order valence-corrected chi connectivity index (χ3v) is 4.45. The molecule has 0 amide bonds. The number of nitrogens with one attached hydrogen (secondary N) is 1. The van der Waals surface area contributed by atoms with Crippen molar-refractivity contribution in [1.82, 2.24) is 5.43 Å². The summed E-state index contributed by atoms with van der Waals surface area (Å²) in [4.78, 5) is 1.34. The summed E-state index contributed by atoms with van der Waals surface area (Å²) in [6.07, 6.45) is 1.98. The van der Waals surface area contributed by atoms with Crippen molar-refractivity contribution in [2.24, 2.45) is 11.8 Å². The first-order valence-corrected chi connectivity index (χ1v) is 7.01. The van der Waals surface area contributed by atoms with Crippen molar-refractivity contribution in [2.45, 2.75) is 25.8 Å². The third kappa shape index (κ3) is 4.51. The minimum absolute atomic E-state index is 0.306. The molecule has 2 unspecified atom stereocenters. The molecular formula is C11H19BrN2OS. The van der Waals surface area contributed by atoms with Crippen LogP contribution in [0.3, 0.4) is 0 Å². The minimum Gasteiger partial charge on any atom is -0.384 e. The Balaban J connectivity index is 2.46. The molecule has 0 aliphatic carbocycles. The highest BCUT2D eigenvalue weighted by Gasteiger charge is 2.14. The minimum atomic E-state index is 0.306. The van der Waals surface area contributed by atoms with E-state index >= 15 is 0 Å². The van der Waals surface area contributed by atoms with Crippen molar-refractivity contribution in [2.75, 3.05) is 13.7 Å². The van der Waals surface area contributed by atoms with E-state index in [9.17, 15) is 0 Å². The third-order valence-electron chi connectivity index (χ3n) is 2.50. The fraction of sp³-hybridized carbons (Fsp3) is 0.636. The molecule has 0 saturated carbocycles. The van der Waals surface area contributed by atoms with Gasteiger partial charge in [0.2, 0.25) is 0 Å². The van der Waals surface area contributed by atoms with Crippen molar-refractivity contribution in [3.63, 3.8) is 0 Å². The largest absolute Gasteiger partial charge is 0.384 e. The molecule has 1 aromatic rings. The lowest BCUT2D eigenvalue weighted by atomic mass is 10.00. The Morgan fingerprint density at radius 1 is 1.62 bits per heavy atom. The van der Waals surface area contributed by atoms with Crippen LogP contribution in [0.25, 0.3) is 0 Å². The number of hydrazine groups is 1. The van der Waals surface area contributed by atoms with Gasteiger partial charge in [0.1, 0.15) is 0 Å². The summed E-state index contributed by atoms with van der Waals surface area (Å²) in [6.45, 7) is 2.96. The fourth-order valence-electron chi connectivity index (χ4n) is 1.74. The molecule has 5 heteroatoms. The smallest absolute Gasteiger partial charge is 0.0488 e. The van der Waals surface area contributed by atoms with Crippen molar-refractivity contribution in [1.29, 1.82) is 0 Å². The molecule has 0 aliphatic rings. The predicted octanol–water partition coefficient (Wildman–Crippen LogP) is 2.56. The van der Waals surface area contributed by atoms with Crippen molar-refractivity contribution in [3.05, 3.63) is 20.8 Å². The Morgan fingerprint density at radius 3 is 2.88 bits per heavy atom. The molecule has 1 aromatic heterocycles. The van der Waals surface area contributed by atoms with Gasteiger partial charge in [-0.15, -0.1) is 11.3 Å². The van der Waals surface area contributed by atoms with Gasteiger partial charge in [-0.05, 0) is 46.1 Å². The van der Waals surface area contributed by atoms with Gasteiger partial charge in [-0.1, -0.05) is 6.92 Å². The zero-order valence-electron chi connectivity index (χ0n) is 9.70. The van der Waals surface area contributed by atoms with E-state index in [1.807, 2.05) is 0 Å². The van der Waals surface area contributed by atoms with Crippen LogP contribution in [0, 0.1) is 5.92 Å². The lowest BCUT2D eigenvalue weighted by Gasteiger charge is -2.19. The Bertz CT molecular complexity index is 306. The first kappa shape index (κ1) is 14.1. The number of hydrogen-bond donors (Lipinski definition) is 2. The standard InChI is InChI=1S/C11H19BrN2OS/c1-8(7-15-2)5-9(14-13)6-11-10(12)3-4-16-11/h3-4,8-9,14H,5-7,13H2,1-2H3. The SMILES string of the molecule is COCC(C)CC(Cc1sccc1Br)NN. The van der Waals surface area contributed by atoms with Gasteiger partial charge in [0, 0.05) is 29.1 Å². The van der Waals surface area contributed by atoms with Crippen molar-refractivity contribution >= 4 is 27.3 Å². The topological polar surface area (TPSA) is 47.3 Å². The Kier molecular flexibility index (Phi) is 6.53. The van der Waals surface area contributed by atoms with Gasteiger partial charge in [0.15, 0.2) is 0 Å². The van der Waals surface area contributed by atoms with E-state index in [0.29, 0.717) is 12.0 Å². The Hall–Kier alpha value is 0.0600. The van der Waals surface area contributed by atoms with Crippen LogP contribution in [0.15, 0.2) is 15.9 Å². The molecule has 92 valence electrons. The summed E-state index contributed by atoms with van der Waals surface area (Å²) in [6, 6.07) is 2.38. The second kappa shape index (κ2) is 7.40. The van der Waals surface area contributed by atoms with E-state index in [4.69, 9.17) is 10.6 Å². The van der Waals surface area contributed by atoms with E-state index in [2.05, 4.69) is 39.7 Å². The zero-order chi connectivity index (χ0) is 12.0. The summed E-state index contributed by atoms with van der Waals surface area (Å²) in [5, 5.41) is 2.09. The molecule has 0 saturated heterocycles. The number of halogens is 1. The number of thiophene rings is 1. The maximum absolute atomic E-state index is 5.58. The summed E-state index contributed by atoms with van der Waals surface area (Å²) in [5.74, 6) is 6.10. The highest BCUT2D eigenvalue weighted by atomic mass is 79.9. The highest BCUT2D eigenvalue weighted by molar-refractivity contribution is 9.10. The van der Waals surface area contributed by atoms with Crippen LogP contribution in [0.4, 0.5) is 0 Å². The van der Waals surface area contributed by atoms with Gasteiger partial charge in [0.05, 0.1) is 0 Å². The molecule has 16 heavy (non-hydrogen) atoms. The zero-order valence-corrected chi connectivity index (χ0v) is 12.1. The molecule has 0 spiro atoms. The summed E-state index contributed by atoms with van der Waals surface area (Å²) in [7, 11) is 1.73. The predicted molar refractivity (Wildman–Crippen MR) is 72.5 cm³/mol. The molecule has 1 heterocycles. The second-order valence-electron chi connectivity index (χ2n) is 4.06. The van der Waals surface area contributed by atoms with E-state index in [-0.39, 0.29) is 0 Å². The maximum Gasteiger partial charge on any atom is 0.0488 e. The van der Waals surface area contributed by atoms with Gasteiger partial charge >= 0.3 is 0 Å². The summed E-state index contributed by atoms with van der Waals surface area (Å²) < 4.78 is 6.31. The van der Waals surface area contributed by atoms with E-state index in [0.717, 1.165) is 19.4 Å². The van der Waals surface area contributed by atoms with Crippen LogP contribution in [-0.4, -0.2) is 19.8 Å². The molecule has 1 rings (SSSR count). The van der Waals surface area contributed by atoms with Gasteiger partial charge in [-0.2, -0.15) is 0 Å². The number of nitrogens with two attached hydrogens (primary N) is 1.